The average Bonchev–Trinajstić information content (AvgIpc) is 2.34. The maximum atomic E-state index is 11.1. The van der Waals surface area contributed by atoms with E-state index in [9.17, 15) is 9.59 Å². The normalized spacial score (nSPS) is 13.9. The Bertz CT molecular complexity index is 388. The van der Waals surface area contributed by atoms with Crippen LogP contribution >= 0.6 is 0 Å². The number of rotatable bonds is 6. The first-order chi connectivity index (χ1) is 8.77. The third kappa shape index (κ3) is 7.23. The topological polar surface area (TPSA) is 87.8 Å². The number of carbonyl (C=O) groups is 2. The lowest BCUT2D eigenvalue weighted by atomic mass is 10.2. The van der Waals surface area contributed by atoms with E-state index in [0.29, 0.717) is 18.0 Å². The molecule has 0 saturated carbocycles. The number of nitrogens with two attached hydrogens (primary N) is 1. The van der Waals surface area contributed by atoms with Crippen molar-refractivity contribution in [3.8, 4) is 0 Å². The van der Waals surface area contributed by atoms with E-state index < -0.39 is 5.91 Å². The van der Waals surface area contributed by atoms with Gasteiger partial charge in [-0.3, -0.25) is 14.6 Å². The van der Waals surface area contributed by atoms with Crippen LogP contribution in [0.3, 0.4) is 0 Å². The van der Waals surface area contributed by atoms with Crippen LogP contribution in [0.15, 0.2) is 16.6 Å². The molecule has 0 saturated heterocycles. The van der Waals surface area contributed by atoms with Crippen LogP contribution in [0.4, 0.5) is 0 Å². The molecular weight excluding hydrogens is 244 g/mol. The first-order valence-corrected chi connectivity index (χ1v) is 6.21. The van der Waals surface area contributed by atoms with Crippen LogP contribution in [0.25, 0.3) is 0 Å². The molecular formula is C13H24N4O2. The van der Waals surface area contributed by atoms with Gasteiger partial charge >= 0.3 is 0 Å². The third-order valence-electron chi connectivity index (χ3n) is 2.81. The lowest BCUT2D eigenvalue weighted by Gasteiger charge is -2.19. The summed E-state index contributed by atoms with van der Waals surface area (Å²) in [5.74, 6) is 0.183. The maximum absolute atomic E-state index is 11.1. The molecule has 0 heterocycles. The van der Waals surface area contributed by atoms with E-state index in [0.717, 1.165) is 6.42 Å². The number of carbonyl (C=O) groups excluding carboxylic acids is 2. The zero-order valence-corrected chi connectivity index (χ0v) is 12.4. The molecule has 0 aliphatic heterocycles. The summed E-state index contributed by atoms with van der Waals surface area (Å²) >= 11 is 0. The second-order valence-corrected chi connectivity index (χ2v) is 4.58. The minimum atomic E-state index is -0.466. The number of aliphatic imine (C=N–C) groups is 1. The molecule has 0 rings (SSSR count). The summed E-state index contributed by atoms with van der Waals surface area (Å²) in [6.45, 7) is 5.84. The lowest BCUT2D eigenvalue weighted by Crippen LogP contribution is -2.36. The molecule has 3 N–H and O–H groups in total. The Kier molecular flexibility index (Phi) is 7.48. The van der Waals surface area contributed by atoms with E-state index in [4.69, 9.17) is 5.73 Å². The van der Waals surface area contributed by atoms with Crippen LogP contribution in [-0.2, 0) is 9.59 Å². The lowest BCUT2D eigenvalue weighted by molar-refractivity contribution is -0.127. The summed E-state index contributed by atoms with van der Waals surface area (Å²) in [5, 5.41) is 3.17. The highest BCUT2D eigenvalue weighted by molar-refractivity contribution is 6.02. The minimum absolute atomic E-state index is 0.0426. The fourth-order valence-corrected chi connectivity index (χ4v) is 1.32. The summed E-state index contributed by atoms with van der Waals surface area (Å²) in [7, 11) is 3.41. The van der Waals surface area contributed by atoms with E-state index >= 15 is 0 Å². The van der Waals surface area contributed by atoms with Crippen molar-refractivity contribution in [3.05, 3.63) is 11.6 Å². The Morgan fingerprint density at radius 3 is 2.42 bits per heavy atom. The predicted molar refractivity (Wildman–Crippen MR) is 76.8 cm³/mol. The quantitative estimate of drug-likeness (QED) is 0.412. The monoisotopic (exact) mass is 268 g/mol. The van der Waals surface area contributed by atoms with Crippen molar-refractivity contribution < 1.29 is 9.59 Å². The smallest absolute Gasteiger partial charge is 0.244 e. The fraction of sp³-hybridized carbons (Fsp3) is 0.615. The molecule has 0 radical (unpaired) electrons. The summed E-state index contributed by atoms with van der Waals surface area (Å²) in [5.41, 5.74) is 5.61. The van der Waals surface area contributed by atoms with Gasteiger partial charge in [0.25, 0.3) is 0 Å². The zero-order valence-electron chi connectivity index (χ0n) is 12.4. The van der Waals surface area contributed by atoms with Crippen molar-refractivity contribution in [2.45, 2.75) is 33.2 Å². The summed E-state index contributed by atoms with van der Waals surface area (Å²) in [6, 6.07) is 0.137. The molecule has 0 aliphatic carbocycles. The van der Waals surface area contributed by atoms with E-state index in [1.165, 1.54) is 6.92 Å². The standard InChI is InChI=1S/C13H24N4O2/c1-9(13(14)19)8-12(15-4)16-10(2)6-7-17(5)11(3)18/h8,10H,6-7H2,1-5H3,(H2,14,19)(H,15,16)/b9-8+. The van der Waals surface area contributed by atoms with Crippen molar-refractivity contribution >= 4 is 17.6 Å². The first-order valence-electron chi connectivity index (χ1n) is 6.21. The molecule has 2 amide bonds. The Morgan fingerprint density at radius 2 is 2.00 bits per heavy atom. The van der Waals surface area contributed by atoms with Gasteiger partial charge in [-0.25, -0.2) is 0 Å². The molecule has 6 nitrogen and oxygen atoms in total. The van der Waals surface area contributed by atoms with Crippen molar-refractivity contribution in [1.29, 1.82) is 0 Å². The zero-order chi connectivity index (χ0) is 15.0. The van der Waals surface area contributed by atoms with Gasteiger partial charge in [-0.1, -0.05) is 0 Å². The average molecular weight is 268 g/mol. The first kappa shape index (κ1) is 17.2. The van der Waals surface area contributed by atoms with Crippen LogP contribution in [0.1, 0.15) is 27.2 Å². The maximum Gasteiger partial charge on any atom is 0.244 e. The molecule has 0 aromatic heterocycles. The number of nitrogens with one attached hydrogen (secondary N) is 1. The molecule has 6 heteroatoms. The van der Waals surface area contributed by atoms with Crippen LogP contribution in [-0.4, -0.2) is 49.2 Å². The number of amidine groups is 1. The third-order valence-corrected chi connectivity index (χ3v) is 2.81. The number of primary amides is 1. The molecule has 0 fully saturated rings. The van der Waals surface area contributed by atoms with Crippen LogP contribution in [0.5, 0.6) is 0 Å². The van der Waals surface area contributed by atoms with Gasteiger partial charge in [0.2, 0.25) is 11.8 Å². The van der Waals surface area contributed by atoms with Crippen LogP contribution in [0.2, 0.25) is 0 Å². The van der Waals surface area contributed by atoms with Gasteiger partial charge in [-0.15, -0.1) is 0 Å². The minimum Gasteiger partial charge on any atom is -0.368 e. The molecule has 0 aliphatic rings. The molecule has 0 aromatic rings. The highest BCUT2D eigenvalue weighted by Gasteiger charge is 2.08. The molecule has 0 bridgehead atoms. The Morgan fingerprint density at radius 1 is 1.42 bits per heavy atom. The van der Waals surface area contributed by atoms with Gasteiger partial charge in [-0.2, -0.15) is 0 Å². The fourth-order valence-electron chi connectivity index (χ4n) is 1.32. The van der Waals surface area contributed by atoms with E-state index in [2.05, 4.69) is 10.3 Å². The molecule has 0 aromatic carbocycles. The van der Waals surface area contributed by atoms with Crippen molar-refractivity contribution in [2.75, 3.05) is 20.6 Å². The number of hydrogen-bond donors (Lipinski definition) is 2. The van der Waals surface area contributed by atoms with Crippen LogP contribution in [0, 0.1) is 0 Å². The second-order valence-electron chi connectivity index (χ2n) is 4.58. The number of amides is 2. The molecule has 1 unspecified atom stereocenters. The summed E-state index contributed by atoms with van der Waals surface area (Å²) in [6.07, 6.45) is 2.41. The number of nitrogens with zero attached hydrogens (tertiary/aromatic N) is 2. The summed E-state index contributed by atoms with van der Waals surface area (Å²) in [4.78, 5) is 27.7. The largest absolute Gasteiger partial charge is 0.368 e. The van der Waals surface area contributed by atoms with Gasteiger partial charge in [0.05, 0.1) is 0 Å². The van der Waals surface area contributed by atoms with Crippen molar-refractivity contribution in [3.63, 3.8) is 0 Å². The van der Waals surface area contributed by atoms with Crippen LogP contribution < -0.4 is 11.1 Å². The second kappa shape index (κ2) is 8.29. The van der Waals surface area contributed by atoms with E-state index in [1.54, 1.807) is 32.0 Å². The molecule has 1 atom stereocenters. The molecule has 19 heavy (non-hydrogen) atoms. The van der Waals surface area contributed by atoms with E-state index in [1.807, 2.05) is 6.92 Å². The van der Waals surface area contributed by atoms with Gasteiger partial charge in [0.15, 0.2) is 0 Å². The Balaban J connectivity index is 4.38. The predicted octanol–water partition coefficient (Wildman–Crippen LogP) is 0.293. The van der Waals surface area contributed by atoms with Crippen molar-refractivity contribution in [2.24, 2.45) is 10.7 Å². The summed E-state index contributed by atoms with van der Waals surface area (Å²) < 4.78 is 0. The number of hydrogen-bond acceptors (Lipinski definition) is 3. The van der Waals surface area contributed by atoms with Gasteiger partial charge in [0, 0.05) is 39.2 Å². The highest BCUT2D eigenvalue weighted by Crippen LogP contribution is 1.97. The Hall–Kier alpha value is -1.85. The van der Waals surface area contributed by atoms with Gasteiger partial charge in [-0.05, 0) is 26.3 Å². The SMILES string of the molecule is C/N=C(\C=C(/C)C(N)=O)NC(C)CCN(C)C(C)=O. The van der Waals surface area contributed by atoms with Crippen molar-refractivity contribution in [1.82, 2.24) is 10.2 Å². The molecule has 108 valence electrons. The van der Waals surface area contributed by atoms with E-state index in [-0.39, 0.29) is 11.9 Å². The Labute approximate surface area is 114 Å². The van der Waals surface area contributed by atoms with Gasteiger partial charge in [0.1, 0.15) is 5.84 Å². The van der Waals surface area contributed by atoms with Gasteiger partial charge < -0.3 is 16.0 Å². The highest BCUT2D eigenvalue weighted by atomic mass is 16.2. The molecule has 0 spiro atoms.